The van der Waals surface area contributed by atoms with Gasteiger partial charge in [0.2, 0.25) is 5.91 Å². The van der Waals surface area contributed by atoms with Gasteiger partial charge in [0.05, 0.1) is 24.4 Å². The van der Waals surface area contributed by atoms with Crippen LogP contribution in [0.2, 0.25) is 5.02 Å². The maximum absolute atomic E-state index is 12.1. The Labute approximate surface area is 214 Å². The molecule has 1 saturated heterocycles. The fraction of sp³-hybridized carbons (Fsp3) is 0.308. The van der Waals surface area contributed by atoms with Gasteiger partial charge in [0.1, 0.15) is 24.0 Å². The number of fused-ring (bicyclic) bond motifs is 1. The third kappa shape index (κ3) is 6.71. The lowest BCUT2D eigenvalue weighted by Gasteiger charge is -2.30. The highest BCUT2D eigenvalue weighted by Gasteiger charge is 2.22. The van der Waals surface area contributed by atoms with Crippen LogP contribution in [-0.2, 0) is 14.3 Å². The van der Waals surface area contributed by atoms with Crippen LogP contribution >= 0.6 is 11.6 Å². The standard InChI is InChI=1S/C26H28ClN5O4/c1-3-24(33)31-22-12-20-21(28-16-29-26(20)30-19-8-6-7-18(27)11-19)13-23(22)35-10-5-4-9-32-14-17(2)36-25(34)15-32/h3,6-8,11-13,16-17H,1,4-5,9-10,14-15H2,2H3,(H,31,33)(H,28,29,30)/t17-/m1/s1. The number of halogens is 1. The van der Waals surface area contributed by atoms with Gasteiger partial charge in [0.15, 0.2) is 0 Å². The van der Waals surface area contributed by atoms with E-state index >= 15 is 0 Å². The molecule has 2 aromatic carbocycles. The van der Waals surface area contributed by atoms with Gasteiger partial charge in [-0.15, -0.1) is 0 Å². The summed E-state index contributed by atoms with van der Waals surface area (Å²) in [6, 6.07) is 10.9. The van der Waals surface area contributed by atoms with E-state index in [2.05, 4.69) is 32.1 Å². The summed E-state index contributed by atoms with van der Waals surface area (Å²) >= 11 is 6.11. The lowest BCUT2D eigenvalue weighted by atomic mass is 10.1. The lowest BCUT2D eigenvalue weighted by Crippen LogP contribution is -2.44. The number of nitrogens with one attached hydrogen (secondary N) is 2. The Morgan fingerprint density at radius 1 is 1.31 bits per heavy atom. The van der Waals surface area contributed by atoms with Crippen LogP contribution in [0.25, 0.3) is 10.9 Å². The number of unbranched alkanes of at least 4 members (excludes halogenated alkanes) is 1. The Balaban J connectivity index is 1.47. The summed E-state index contributed by atoms with van der Waals surface area (Å²) in [5, 5.41) is 7.36. The summed E-state index contributed by atoms with van der Waals surface area (Å²) < 4.78 is 11.2. The van der Waals surface area contributed by atoms with Gasteiger partial charge in [-0.25, -0.2) is 9.97 Å². The predicted octanol–water partition coefficient (Wildman–Crippen LogP) is 4.56. The van der Waals surface area contributed by atoms with Crippen LogP contribution in [0.1, 0.15) is 19.8 Å². The second kappa shape index (κ2) is 11.8. The van der Waals surface area contributed by atoms with Crippen molar-refractivity contribution in [1.82, 2.24) is 14.9 Å². The number of aromatic nitrogens is 2. The largest absolute Gasteiger partial charge is 0.491 e. The summed E-state index contributed by atoms with van der Waals surface area (Å²) in [6.45, 7) is 7.70. The normalized spacial score (nSPS) is 15.8. The number of amides is 1. The topological polar surface area (TPSA) is 106 Å². The summed E-state index contributed by atoms with van der Waals surface area (Å²) in [5.41, 5.74) is 1.92. The van der Waals surface area contributed by atoms with Gasteiger partial charge < -0.3 is 20.1 Å². The minimum Gasteiger partial charge on any atom is -0.491 e. The Morgan fingerprint density at radius 3 is 2.94 bits per heavy atom. The van der Waals surface area contributed by atoms with E-state index in [9.17, 15) is 9.59 Å². The molecule has 188 valence electrons. The second-order valence-corrected chi connectivity index (χ2v) is 8.94. The van der Waals surface area contributed by atoms with E-state index in [0.29, 0.717) is 46.3 Å². The molecule has 0 bridgehead atoms. The van der Waals surface area contributed by atoms with Crippen LogP contribution in [0.5, 0.6) is 5.75 Å². The molecule has 0 spiro atoms. The maximum Gasteiger partial charge on any atom is 0.320 e. The molecule has 0 unspecified atom stereocenters. The molecule has 4 rings (SSSR count). The van der Waals surface area contributed by atoms with Crippen molar-refractivity contribution in [1.29, 1.82) is 0 Å². The van der Waals surface area contributed by atoms with Crippen molar-refractivity contribution in [3.8, 4) is 5.75 Å². The molecule has 1 fully saturated rings. The number of benzene rings is 2. The Kier molecular flexibility index (Phi) is 8.35. The summed E-state index contributed by atoms with van der Waals surface area (Å²) in [6.07, 6.45) is 4.21. The number of rotatable bonds is 10. The molecule has 0 saturated carbocycles. The lowest BCUT2D eigenvalue weighted by molar-refractivity contribution is -0.157. The number of hydrogen-bond donors (Lipinski definition) is 2. The van der Waals surface area contributed by atoms with Gasteiger partial charge >= 0.3 is 5.97 Å². The van der Waals surface area contributed by atoms with E-state index in [1.54, 1.807) is 24.3 Å². The molecule has 2 N–H and O–H groups in total. The molecule has 1 atom stereocenters. The quantitative estimate of drug-likeness (QED) is 0.233. The molecule has 1 aromatic heterocycles. The zero-order valence-corrected chi connectivity index (χ0v) is 20.8. The Bertz CT molecular complexity index is 1270. The number of anilines is 3. The number of ether oxygens (including phenoxy) is 2. The third-order valence-corrected chi connectivity index (χ3v) is 5.83. The van der Waals surface area contributed by atoms with E-state index in [1.165, 1.54) is 12.4 Å². The maximum atomic E-state index is 12.1. The van der Waals surface area contributed by atoms with E-state index in [1.807, 2.05) is 19.1 Å². The number of cyclic esters (lactones) is 1. The zero-order chi connectivity index (χ0) is 25.5. The van der Waals surface area contributed by atoms with Crippen LogP contribution in [0.3, 0.4) is 0 Å². The first-order chi connectivity index (χ1) is 17.4. The number of nitrogens with zero attached hydrogens (tertiary/aromatic N) is 3. The van der Waals surface area contributed by atoms with Crippen molar-refractivity contribution >= 4 is 51.6 Å². The van der Waals surface area contributed by atoms with Gasteiger partial charge in [-0.1, -0.05) is 24.2 Å². The average molecular weight is 510 g/mol. The zero-order valence-electron chi connectivity index (χ0n) is 20.0. The number of carbonyl (C=O) groups is 2. The molecular formula is C26H28ClN5O4. The fourth-order valence-electron chi connectivity index (χ4n) is 3.99. The molecule has 9 nitrogen and oxygen atoms in total. The van der Waals surface area contributed by atoms with Crippen molar-refractivity contribution in [2.24, 2.45) is 0 Å². The van der Waals surface area contributed by atoms with E-state index < -0.39 is 0 Å². The minimum absolute atomic E-state index is 0.0867. The van der Waals surface area contributed by atoms with Crippen LogP contribution in [0.4, 0.5) is 17.2 Å². The number of hydrogen-bond acceptors (Lipinski definition) is 8. The van der Waals surface area contributed by atoms with Crippen LogP contribution < -0.4 is 15.4 Å². The van der Waals surface area contributed by atoms with Gasteiger partial charge in [0.25, 0.3) is 0 Å². The van der Waals surface area contributed by atoms with Crippen molar-refractivity contribution in [3.63, 3.8) is 0 Å². The van der Waals surface area contributed by atoms with Crippen molar-refractivity contribution in [3.05, 3.63) is 60.4 Å². The molecule has 1 aliphatic heterocycles. The van der Waals surface area contributed by atoms with Gasteiger partial charge in [-0.05, 0) is 56.7 Å². The van der Waals surface area contributed by atoms with Crippen molar-refractivity contribution in [2.75, 3.05) is 36.9 Å². The molecule has 0 aliphatic carbocycles. The molecule has 36 heavy (non-hydrogen) atoms. The fourth-order valence-corrected chi connectivity index (χ4v) is 4.18. The molecular weight excluding hydrogens is 482 g/mol. The Hall–Kier alpha value is -3.69. The SMILES string of the molecule is C=CC(=O)Nc1cc2c(Nc3cccc(Cl)c3)ncnc2cc1OCCCCN1CC(=O)O[C@H](C)C1. The average Bonchev–Trinajstić information content (AvgIpc) is 2.83. The smallest absolute Gasteiger partial charge is 0.320 e. The monoisotopic (exact) mass is 509 g/mol. The van der Waals surface area contributed by atoms with Crippen molar-refractivity contribution in [2.45, 2.75) is 25.9 Å². The van der Waals surface area contributed by atoms with E-state index in [4.69, 9.17) is 21.1 Å². The van der Waals surface area contributed by atoms with E-state index in [0.717, 1.165) is 31.6 Å². The molecule has 0 radical (unpaired) electrons. The summed E-state index contributed by atoms with van der Waals surface area (Å²) in [7, 11) is 0. The molecule has 1 amide bonds. The van der Waals surface area contributed by atoms with Gasteiger partial charge in [-0.2, -0.15) is 0 Å². The molecule has 1 aliphatic rings. The third-order valence-electron chi connectivity index (χ3n) is 5.59. The minimum atomic E-state index is -0.355. The van der Waals surface area contributed by atoms with Crippen LogP contribution in [0, 0.1) is 0 Å². The number of carbonyl (C=O) groups excluding carboxylic acids is 2. The van der Waals surface area contributed by atoms with E-state index in [-0.39, 0.29) is 18.0 Å². The molecule has 3 aromatic rings. The molecule has 10 heteroatoms. The van der Waals surface area contributed by atoms with Gasteiger partial charge in [0, 0.05) is 28.7 Å². The number of esters is 1. The summed E-state index contributed by atoms with van der Waals surface area (Å²) in [4.78, 5) is 34.5. The highest BCUT2D eigenvalue weighted by atomic mass is 35.5. The predicted molar refractivity (Wildman–Crippen MR) is 140 cm³/mol. The van der Waals surface area contributed by atoms with Crippen LogP contribution in [0.15, 0.2) is 55.4 Å². The Morgan fingerprint density at radius 2 is 2.17 bits per heavy atom. The first-order valence-electron chi connectivity index (χ1n) is 11.7. The molecule has 2 heterocycles. The van der Waals surface area contributed by atoms with Crippen molar-refractivity contribution < 1.29 is 19.1 Å². The van der Waals surface area contributed by atoms with Crippen LogP contribution in [-0.4, -0.2) is 59.1 Å². The van der Waals surface area contributed by atoms with Gasteiger partial charge in [-0.3, -0.25) is 14.5 Å². The highest BCUT2D eigenvalue weighted by molar-refractivity contribution is 6.30. The first-order valence-corrected chi connectivity index (χ1v) is 12.1. The summed E-state index contributed by atoms with van der Waals surface area (Å²) in [5.74, 6) is 0.527. The second-order valence-electron chi connectivity index (χ2n) is 8.51. The first kappa shape index (κ1) is 25.4. The highest BCUT2D eigenvalue weighted by Crippen LogP contribution is 2.33. The number of morpholine rings is 1.